The molecule has 0 saturated heterocycles. The number of thiophene rings is 1. The first-order chi connectivity index (χ1) is 13.2. The fourth-order valence-corrected chi connectivity index (χ4v) is 3.64. The van der Waals surface area contributed by atoms with Crippen molar-refractivity contribution < 1.29 is 28.6 Å². The number of methoxy groups -OCH3 is 1. The Kier molecular flexibility index (Phi) is 7.17. The highest BCUT2D eigenvalue weighted by atomic mass is 32.1. The van der Waals surface area contributed by atoms with Crippen molar-refractivity contribution in [3.8, 4) is 5.75 Å². The Bertz CT molecular complexity index is 882. The summed E-state index contributed by atoms with van der Waals surface area (Å²) in [5.74, 6) is -1.12. The first-order valence-electron chi connectivity index (χ1n) is 8.57. The summed E-state index contributed by atoms with van der Waals surface area (Å²) in [5, 5.41) is 2.97. The van der Waals surface area contributed by atoms with Gasteiger partial charge in [0, 0.05) is 4.88 Å². The van der Waals surface area contributed by atoms with E-state index in [9.17, 15) is 14.4 Å². The first kappa shape index (κ1) is 21.4. The number of hydrogen-bond acceptors (Lipinski definition) is 7. The third-order valence-electron chi connectivity index (χ3n) is 4.14. The Morgan fingerprint density at radius 2 is 1.68 bits per heavy atom. The summed E-state index contributed by atoms with van der Waals surface area (Å²) < 4.78 is 15.2. The average Bonchev–Trinajstić information content (AvgIpc) is 2.92. The maximum Gasteiger partial charge on any atom is 0.344 e. The van der Waals surface area contributed by atoms with Crippen LogP contribution in [0.4, 0.5) is 5.00 Å². The number of para-hydroxylation sites is 1. The number of nitrogens with one attached hydrogen (secondary N) is 1. The second kappa shape index (κ2) is 9.36. The van der Waals surface area contributed by atoms with Gasteiger partial charge in [0.1, 0.15) is 10.8 Å². The summed E-state index contributed by atoms with van der Waals surface area (Å²) in [6.07, 6.45) is 0. The molecule has 1 amide bonds. The van der Waals surface area contributed by atoms with Gasteiger partial charge >= 0.3 is 11.9 Å². The number of aryl methyl sites for hydroxylation is 3. The molecular formula is C20H23NO6S. The zero-order valence-corrected chi connectivity index (χ0v) is 17.3. The number of esters is 2. The molecule has 8 heteroatoms. The van der Waals surface area contributed by atoms with Crippen molar-refractivity contribution >= 4 is 34.2 Å². The third kappa shape index (κ3) is 5.10. The maximum absolute atomic E-state index is 12.1. The Labute approximate surface area is 167 Å². The molecule has 1 aromatic heterocycles. The number of amides is 1. The lowest BCUT2D eigenvalue weighted by Crippen LogP contribution is -2.24. The fraction of sp³-hybridized carbons (Fsp3) is 0.350. The smallest absolute Gasteiger partial charge is 0.344 e. The molecule has 0 aliphatic rings. The second-order valence-corrected chi connectivity index (χ2v) is 7.42. The molecule has 2 aromatic rings. The molecule has 0 fully saturated rings. The SMILES string of the molecule is COC(=O)c1c(NC(=O)COC(=O)COc2c(C)cccc2C)sc(C)c1C. The number of benzene rings is 1. The van der Waals surface area contributed by atoms with Crippen LogP contribution in [0.3, 0.4) is 0 Å². The lowest BCUT2D eigenvalue weighted by Gasteiger charge is -2.11. The van der Waals surface area contributed by atoms with E-state index in [1.807, 2.05) is 39.0 Å². The van der Waals surface area contributed by atoms with E-state index in [0.717, 1.165) is 21.6 Å². The molecule has 1 N–H and O–H groups in total. The fourth-order valence-electron chi connectivity index (χ4n) is 2.57. The van der Waals surface area contributed by atoms with E-state index in [2.05, 4.69) is 5.32 Å². The molecule has 0 atom stereocenters. The highest BCUT2D eigenvalue weighted by Gasteiger charge is 2.22. The Hall–Kier alpha value is -2.87. The van der Waals surface area contributed by atoms with E-state index in [4.69, 9.17) is 14.2 Å². The van der Waals surface area contributed by atoms with Crippen LogP contribution in [0.1, 0.15) is 31.9 Å². The Morgan fingerprint density at radius 1 is 1.04 bits per heavy atom. The largest absolute Gasteiger partial charge is 0.481 e. The van der Waals surface area contributed by atoms with Gasteiger partial charge < -0.3 is 19.5 Å². The van der Waals surface area contributed by atoms with E-state index < -0.39 is 24.5 Å². The van der Waals surface area contributed by atoms with Crippen molar-refractivity contribution in [3.05, 3.63) is 45.3 Å². The summed E-state index contributed by atoms with van der Waals surface area (Å²) in [6.45, 7) is 6.59. The molecule has 0 radical (unpaired) electrons. The van der Waals surface area contributed by atoms with E-state index in [1.54, 1.807) is 6.92 Å². The Morgan fingerprint density at radius 3 is 2.29 bits per heavy atom. The van der Waals surface area contributed by atoms with Crippen LogP contribution in [0, 0.1) is 27.7 Å². The number of carbonyl (C=O) groups excluding carboxylic acids is 3. The average molecular weight is 405 g/mol. The molecule has 28 heavy (non-hydrogen) atoms. The van der Waals surface area contributed by atoms with E-state index >= 15 is 0 Å². The minimum Gasteiger partial charge on any atom is -0.481 e. The minimum atomic E-state index is -0.662. The molecule has 150 valence electrons. The van der Waals surface area contributed by atoms with Gasteiger partial charge in [0.15, 0.2) is 13.2 Å². The van der Waals surface area contributed by atoms with Crippen molar-refractivity contribution in [1.82, 2.24) is 0 Å². The standard InChI is InChI=1S/C20H23NO6S/c1-11-7-6-8-12(2)18(11)27-10-16(23)26-9-15(22)21-19-17(20(24)25-5)13(3)14(4)28-19/h6-8H,9-10H2,1-5H3,(H,21,22). The van der Waals surface area contributed by atoms with Crippen molar-refractivity contribution in [2.75, 3.05) is 25.6 Å². The van der Waals surface area contributed by atoms with Crippen molar-refractivity contribution in [3.63, 3.8) is 0 Å². The molecule has 1 heterocycles. The molecule has 0 aliphatic carbocycles. The van der Waals surface area contributed by atoms with E-state index in [-0.39, 0.29) is 6.61 Å². The molecule has 0 unspecified atom stereocenters. The highest BCUT2D eigenvalue weighted by molar-refractivity contribution is 7.16. The van der Waals surface area contributed by atoms with Gasteiger partial charge in [-0.15, -0.1) is 11.3 Å². The van der Waals surface area contributed by atoms with Crippen LogP contribution in [0.15, 0.2) is 18.2 Å². The maximum atomic E-state index is 12.1. The van der Waals surface area contributed by atoms with Crippen LogP contribution in [0.25, 0.3) is 0 Å². The summed E-state index contributed by atoms with van der Waals surface area (Å²) >= 11 is 1.26. The van der Waals surface area contributed by atoms with Gasteiger partial charge in [0.2, 0.25) is 0 Å². The van der Waals surface area contributed by atoms with Gasteiger partial charge in [-0.05, 0) is 44.4 Å². The zero-order valence-electron chi connectivity index (χ0n) is 16.5. The van der Waals surface area contributed by atoms with Gasteiger partial charge in [0.05, 0.1) is 12.7 Å². The lowest BCUT2D eigenvalue weighted by atomic mass is 10.1. The summed E-state index contributed by atoms with van der Waals surface area (Å²) in [7, 11) is 1.28. The number of carbonyl (C=O) groups is 3. The number of rotatable bonds is 7. The van der Waals surface area contributed by atoms with Gasteiger partial charge in [-0.3, -0.25) is 4.79 Å². The zero-order chi connectivity index (χ0) is 20.8. The quantitative estimate of drug-likeness (QED) is 0.711. The van der Waals surface area contributed by atoms with Gasteiger partial charge in [-0.1, -0.05) is 18.2 Å². The normalized spacial score (nSPS) is 10.3. The van der Waals surface area contributed by atoms with Gasteiger partial charge in [-0.2, -0.15) is 0 Å². The van der Waals surface area contributed by atoms with Gasteiger partial charge in [0.25, 0.3) is 5.91 Å². The predicted molar refractivity (Wildman–Crippen MR) is 106 cm³/mol. The second-order valence-electron chi connectivity index (χ2n) is 6.20. The first-order valence-corrected chi connectivity index (χ1v) is 9.39. The lowest BCUT2D eigenvalue weighted by molar-refractivity contribution is -0.149. The molecule has 1 aromatic carbocycles. The van der Waals surface area contributed by atoms with Crippen LogP contribution in [-0.2, 0) is 19.1 Å². The van der Waals surface area contributed by atoms with E-state index in [1.165, 1.54) is 18.4 Å². The van der Waals surface area contributed by atoms with Crippen LogP contribution < -0.4 is 10.1 Å². The molecule has 0 spiro atoms. The monoisotopic (exact) mass is 405 g/mol. The molecule has 0 saturated carbocycles. The summed E-state index contributed by atoms with van der Waals surface area (Å²) in [5.41, 5.74) is 2.86. The summed E-state index contributed by atoms with van der Waals surface area (Å²) in [4.78, 5) is 36.8. The Balaban J connectivity index is 1.90. The topological polar surface area (TPSA) is 90.9 Å². The predicted octanol–water partition coefficient (Wildman–Crippen LogP) is 3.33. The van der Waals surface area contributed by atoms with Crippen molar-refractivity contribution in [2.45, 2.75) is 27.7 Å². The third-order valence-corrected chi connectivity index (χ3v) is 5.26. The minimum absolute atomic E-state index is 0.302. The van der Waals surface area contributed by atoms with Gasteiger partial charge in [-0.25, -0.2) is 9.59 Å². The molecule has 0 aliphatic heterocycles. The summed E-state index contributed by atoms with van der Waals surface area (Å²) in [6, 6.07) is 5.66. The number of ether oxygens (including phenoxy) is 3. The van der Waals surface area contributed by atoms with E-state index in [0.29, 0.717) is 16.3 Å². The molecular weight excluding hydrogens is 382 g/mol. The highest BCUT2D eigenvalue weighted by Crippen LogP contribution is 2.32. The number of anilines is 1. The van der Waals surface area contributed by atoms with Crippen molar-refractivity contribution in [2.24, 2.45) is 0 Å². The molecule has 2 rings (SSSR count). The number of hydrogen-bond donors (Lipinski definition) is 1. The van der Waals surface area contributed by atoms with Crippen LogP contribution in [0.2, 0.25) is 0 Å². The van der Waals surface area contributed by atoms with Crippen molar-refractivity contribution in [1.29, 1.82) is 0 Å². The van der Waals surface area contributed by atoms with Crippen LogP contribution in [0.5, 0.6) is 5.75 Å². The van der Waals surface area contributed by atoms with Crippen LogP contribution in [-0.4, -0.2) is 38.2 Å². The molecule has 7 nitrogen and oxygen atoms in total. The molecule has 0 bridgehead atoms. The van der Waals surface area contributed by atoms with Crippen LogP contribution >= 0.6 is 11.3 Å².